The minimum absolute atomic E-state index is 0.136. The molecule has 156 valence electrons. The van der Waals surface area contributed by atoms with Gasteiger partial charge in [-0.1, -0.05) is 36.8 Å². The van der Waals surface area contributed by atoms with Gasteiger partial charge in [-0.25, -0.2) is 0 Å². The Morgan fingerprint density at radius 1 is 0.828 bits per heavy atom. The number of aliphatic hydroxyl groups excluding tert-OH is 1. The quantitative estimate of drug-likeness (QED) is 0.437. The lowest BCUT2D eigenvalue weighted by Gasteiger charge is -2.27. The van der Waals surface area contributed by atoms with Gasteiger partial charge < -0.3 is 14.6 Å². The van der Waals surface area contributed by atoms with E-state index in [2.05, 4.69) is 62.9 Å². The second kappa shape index (κ2) is 11.5. The highest BCUT2D eigenvalue weighted by Crippen LogP contribution is 2.45. The molecule has 2 aromatic rings. The Hall–Kier alpha value is -2.44. The molecule has 0 aromatic heterocycles. The molecule has 0 radical (unpaired) electrons. The SMILES string of the molecule is COc1c(C)c(C)c(OC)c(C(CCCCC#CCCO)c2ccccc2)c1C. The molecule has 0 saturated heterocycles. The zero-order valence-corrected chi connectivity index (χ0v) is 18.5. The topological polar surface area (TPSA) is 38.7 Å². The van der Waals surface area contributed by atoms with Crippen LogP contribution in [0.5, 0.6) is 11.5 Å². The van der Waals surface area contributed by atoms with Crippen LogP contribution in [0.1, 0.15) is 65.8 Å². The summed E-state index contributed by atoms with van der Waals surface area (Å²) in [7, 11) is 3.50. The van der Waals surface area contributed by atoms with E-state index in [4.69, 9.17) is 14.6 Å². The van der Waals surface area contributed by atoms with E-state index in [0.717, 1.165) is 53.9 Å². The molecule has 0 aliphatic rings. The summed E-state index contributed by atoms with van der Waals surface area (Å²) in [4.78, 5) is 0. The maximum Gasteiger partial charge on any atom is 0.126 e. The van der Waals surface area contributed by atoms with Crippen molar-refractivity contribution in [3.63, 3.8) is 0 Å². The number of unbranched alkanes of at least 4 members (excludes halogenated alkanes) is 2. The maximum atomic E-state index is 8.83. The number of benzene rings is 2. The Bertz CT molecular complexity index is 844. The Morgan fingerprint density at radius 3 is 2.07 bits per heavy atom. The van der Waals surface area contributed by atoms with Gasteiger partial charge in [-0.15, -0.1) is 11.8 Å². The molecule has 0 amide bonds. The first-order valence-corrected chi connectivity index (χ1v) is 10.4. The lowest BCUT2D eigenvalue weighted by Crippen LogP contribution is -2.10. The summed E-state index contributed by atoms with van der Waals surface area (Å²) in [6.07, 6.45) is 4.57. The Kier molecular flexibility index (Phi) is 9.09. The van der Waals surface area contributed by atoms with Crippen LogP contribution in [0.4, 0.5) is 0 Å². The fourth-order valence-electron chi connectivity index (χ4n) is 4.06. The van der Waals surface area contributed by atoms with Crippen LogP contribution in [-0.2, 0) is 0 Å². The molecule has 0 aliphatic carbocycles. The molecule has 0 bridgehead atoms. The second-order valence-electron chi connectivity index (χ2n) is 7.39. The summed E-state index contributed by atoms with van der Waals surface area (Å²) >= 11 is 0. The minimum atomic E-state index is 0.136. The number of ether oxygens (including phenoxy) is 2. The standard InChI is InChI=1S/C26H34O3/c1-19-20(2)26(29-5)24(21(3)25(19)28-4)23(22-15-11-10-12-16-22)17-13-8-6-7-9-14-18-27/h10-12,15-16,23,27H,6,8,13-14,17-18H2,1-5H3. The van der Waals surface area contributed by atoms with E-state index in [0.29, 0.717) is 6.42 Å². The van der Waals surface area contributed by atoms with E-state index in [9.17, 15) is 0 Å². The van der Waals surface area contributed by atoms with Crippen molar-refractivity contribution in [3.05, 3.63) is 58.1 Å². The number of aliphatic hydroxyl groups is 1. The summed E-state index contributed by atoms with van der Waals surface area (Å²) in [6, 6.07) is 10.7. The van der Waals surface area contributed by atoms with Crippen LogP contribution in [0.2, 0.25) is 0 Å². The molecular formula is C26H34O3. The van der Waals surface area contributed by atoms with Gasteiger partial charge in [0, 0.05) is 24.3 Å². The van der Waals surface area contributed by atoms with Gasteiger partial charge in [0.1, 0.15) is 11.5 Å². The number of hydrogen-bond acceptors (Lipinski definition) is 3. The molecule has 2 rings (SSSR count). The van der Waals surface area contributed by atoms with E-state index < -0.39 is 0 Å². The molecule has 0 spiro atoms. The van der Waals surface area contributed by atoms with Gasteiger partial charge in [-0.2, -0.15) is 0 Å². The van der Waals surface area contributed by atoms with Crippen molar-refractivity contribution < 1.29 is 14.6 Å². The van der Waals surface area contributed by atoms with Gasteiger partial charge in [0.15, 0.2) is 0 Å². The van der Waals surface area contributed by atoms with Gasteiger partial charge in [0.25, 0.3) is 0 Å². The summed E-state index contributed by atoms with van der Waals surface area (Å²) in [6.45, 7) is 6.48. The van der Waals surface area contributed by atoms with Crippen molar-refractivity contribution in [2.45, 2.75) is 58.8 Å². The molecule has 2 aromatic carbocycles. The third-order valence-corrected chi connectivity index (χ3v) is 5.60. The molecule has 0 saturated carbocycles. The van der Waals surface area contributed by atoms with Crippen molar-refractivity contribution >= 4 is 0 Å². The van der Waals surface area contributed by atoms with Gasteiger partial charge in [0.2, 0.25) is 0 Å². The fourth-order valence-corrected chi connectivity index (χ4v) is 4.06. The first-order valence-electron chi connectivity index (χ1n) is 10.4. The van der Waals surface area contributed by atoms with E-state index in [1.165, 1.54) is 11.1 Å². The summed E-state index contributed by atoms with van der Waals surface area (Å²) < 4.78 is 11.7. The number of rotatable bonds is 9. The first kappa shape index (κ1) is 22.8. The maximum absolute atomic E-state index is 8.83. The van der Waals surface area contributed by atoms with Crippen LogP contribution in [-0.4, -0.2) is 25.9 Å². The van der Waals surface area contributed by atoms with E-state index in [1.807, 2.05) is 0 Å². The second-order valence-corrected chi connectivity index (χ2v) is 7.39. The Morgan fingerprint density at radius 2 is 1.45 bits per heavy atom. The predicted octanol–water partition coefficient (Wildman–Crippen LogP) is 5.71. The molecule has 1 N–H and O–H groups in total. The van der Waals surface area contributed by atoms with Crippen molar-refractivity contribution in [2.24, 2.45) is 0 Å². The van der Waals surface area contributed by atoms with E-state index in [1.54, 1.807) is 14.2 Å². The third kappa shape index (κ3) is 5.55. The van der Waals surface area contributed by atoms with Gasteiger partial charge >= 0.3 is 0 Å². The highest BCUT2D eigenvalue weighted by atomic mass is 16.5. The lowest BCUT2D eigenvalue weighted by molar-refractivity contribution is 0.305. The average Bonchev–Trinajstić information content (AvgIpc) is 2.74. The molecule has 0 fully saturated rings. The molecule has 29 heavy (non-hydrogen) atoms. The largest absolute Gasteiger partial charge is 0.496 e. The lowest BCUT2D eigenvalue weighted by atomic mass is 9.81. The van der Waals surface area contributed by atoms with E-state index in [-0.39, 0.29) is 12.5 Å². The fraction of sp³-hybridized carbons (Fsp3) is 0.462. The van der Waals surface area contributed by atoms with Crippen LogP contribution in [0.3, 0.4) is 0 Å². The predicted molar refractivity (Wildman–Crippen MR) is 120 cm³/mol. The average molecular weight is 395 g/mol. The number of hydrogen-bond donors (Lipinski definition) is 1. The Labute approximate surface area is 176 Å². The minimum Gasteiger partial charge on any atom is -0.496 e. The summed E-state index contributed by atoms with van der Waals surface area (Å²) in [5, 5.41) is 8.83. The smallest absolute Gasteiger partial charge is 0.126 e. The van der Waals surface area contributed by atoms with Gasteiger partial charge in [-0.3, -0.25) is 0 Å². The molecule has 1 atom stereocenters. The zero-order valence-electron chi connectivity index (χ0n) is 18.5. The van der Waals surface area contributed by atoms with Crippen molar-refractivity contribution in [2.75, 3.05) is 20.8 Å². The molecular weight excluding hydrogens is 360 g/mol. The highest BCUT2D eigenvalue weighted by molar-refractivity contribution is 5.60. The monoisotopic (exact) mass is 394 g/mol. The molecule has 0 aliphatic heterocycles. The van der Waals surface area contributed by atoms with Crippen molar-refractivity contribution in [1.82, 2.24) is 0 Å². The van der Waals surface area contributed by atoms with E-state index >= 15 is 0 Å². The molecule has 3 nitrogen and oxygen atoms in total. The van der Waals surface area contributed by atoms with Gasteiger partial charge in [-0.05, 0) is 55.9 Å². The van der Waals surface area contributed by atoms with Crippen LogP contribution < -0.4 is 9.47 Å². The summed E-state index contributed by atoms with van der Waals surface area (Å²) in [5.41, 5.74) is 5.96. The highest BCUT2D eigenvalue weighted by Gasteiger charge is 2.26. The molecule has 0 heterocycles. The van der Waals surface area contributed by atoms with Gasteiger partial charge in [0.05, 0.1) is 20.8 Å². The Balaban J connectivity index is 2.40. The first-order chi connectivity index (χ1) is 14.1. The van der Waals surface area contributed by atoms with Crippen molar-refractivity contribution in [3.8, 4) is 23.3 Å². The zero-order chi connectivity index (χ0) is 21.2. The number of methoxy groups -OCH3 is 2. The summed E-state index contributed by atoms with van der Waals surface area (Å²) in [5.74, 6) is 8.32. The molecule has 1 unspecified atom stereocenters. The van der Waals surface area contributed by atoms with Crippen LogP contribution in [0, 0.1) is 32.6 Å². The normalized spacial score (nSPS) is 11.5. The van der Waals surface area contributed by atoms with Crippen LogP contribution in [0.25, 0.3) is 0 Å². The van der Waals surface area contributed by atoms with Crippen LogP contribution >= 0.6 is 0 Å². The molecule has 3 heteroatoms. The van der Waals surface area contributed by atoms with Crippen molar-refractivity contribution in [1.29, 1.82) is 0 Å². The van der Waals surface area contributed by atoms with Crippen LogP contribution in [0.15, 0.2) is 30.3 Å². The third-order valence-electron chi connectivity index (χ3n) is 5.60.